The van der Waals surface area contributed by atoms with Crippen molar-refractivity contribution in [2.75, 3.05) is 31.1 Å². The predicted molar refractivity (Wildman–Crippen MR) is 77.1 cm³/mol. The van der Waals surface area contributed by atoms with E-state index < -0.39 is 23.9 Å². The molecule has 1 unspecified atom stereocenters. The maximum Gasteiger partial charge on any atom is 0.433 e. The number of ether oxygens (including phenoxy) is 1. The van der Waals surface area contributed by atoms with E-state index in [4.69, 9.17) is 4.74 Å². The Morgan fingerprint density at radius 2 is 2.12 bits per heavy atom. The summed E-state index contributed by atoms with van der Waals surface area (Å²) >= 11 is 0. The van der Waals surface area contributed by atoms with Crippen molar-refractivity contribution in [1.82, 2.24) is 9.88 Å². The summed E-state index contributed by atoms with van der Waals surface area (Å²) < 4.78 is 43.5. The van der Waals surface area contributed by atoms with Gasteiger partial charge in [-0.05, 0) is 25.0 Å². The zero-order chi connectivity index (χ0) is 17.3. The number of nitrogens with zero attached hydrogens (tertiary/aromatic N) is 3. The number of carbonyl (C=O) groups is 2. The molecule has 0 N–H and O–H groups in total. The second kappa shape index (κ2) is 6.39. The topological polar surface area (TPSA) is 62.7 Å². The number of alkyl halides is 3. The number of aromatic nitrogens is 1. The predicted octanol–water partition coefficient (Wildman–Crippen LogP) is 1.45. The van der Waals surface area contributed by atoms with Gasteiger partial charge < -0.3 is 14.5 Å². The molecule has 0 saturated carbocycles. The number of carbonyl (C=O) groups excluding carboxylic acids is 2. The lowest BCUT2D eigenvalue weighted by Gasteiger charge is -2.35. The molecule has 0 aliphatic carbocycles. The highest BCUT2D eigenvalue weighted by atomic mass is 19.4. The van der Waals surface area contributed by atoms with Gasteiger partial charge in [-0.2, -0.15) is 13.2 Å². The Hall–Kier alpha value is -2.16. The van der Waals surface area contributed by atoms with Crippen LogP contribution in [0.5, 0.6) is 0 Å². The third-order valence-electron chi connectivity index (χ3n) is 4.08. The van der Waals surface area contributed by atoms with Crippen LogP contribution in [0, 0.1) is 0 Å². The van der Waals surface area contributed by atoms with Gasteiger partial charge in [-0.15, -0.1) is 0 Å². The summed E-state index contributed by atoms with van der Waals surface area (Å²) in [5.41, 5.74) is -0.919. The second-order valence-electron chi connectivity index (χ2n) is 5.70. The van der Waals surface area contributed by atoms with Gasteiger partial charge in [0.1, 0.15) is 18.3 Å². The summed E-state index contributed by atoms with van der Waals surface area (Å²) in [5.74, 6) is -0.655. The first kappa shape index (κ1) is 16.7. The highest BCUT2D eigenvalue weighted by Gasteiger charge is 2.36. The maximum absolute atomic E-state index is 12.7. The molecule has 2 fully saturated rings. The molecule has 0 spiro atoms. The van der Waals surface area contributed by atoms with E-state index in [0.717, 1.165) is 18.7 Å². The van der Waals surface area contributed by atoms with Crippen LogP contribution in [-0.4, -0.2) is 54.0 Å². The van der Waals surface area contributed by atoms with E-state index in [1.165, 1.54) is 15.9 Å². The Balaban J connectivity index is 1.70. The van der Waals surface area contributed by atoms with E-state index in [0.29, 0.717) is 13.0 Å². The highest BCUT2D eigenvalue weighted by molar-refractivity contribution is 5.98. The van der Waals surface area contributed by atoms with Gasteiger partial charge in [-0.25, -0.2) is 0 Å². The monoisotopic (exact) mass is 343 g/mol. The largest absolute Gasteiger partial charge is 0.433 e. The van der Waals surface area contributed by atoms with Gasteiger partial charge in [0.05, 0.1) is 0 Å². The zero-order valence-electron chi connectivity index (χ0n) is 12.8. The van der Waals surface area contributed by atoms with Crippen molar-refractivity contribution < 1.29 is 27.5 Å². The van der Waals surface area contributed by atoms with Gasteiger partial charge >= 0.3 is 6.18 Å². The third-order valence-corrected chi connectivity index (χ3v) is 4.08. The van der Waals surface area contributed by atoms with Crippen molar-refractivity contribution >= 4 is 17.5 Å². The smallest absolute Gasteiger partial charge is 0.368 e. The number of anilines is 1. The minimum absolute atomic E-state index is 0.131. The van der Waals surface area contributed by atoms with Gasteiger partial charge in [0.25, 0.3) is 5.91 Å². The Morgan fingerprint density at radius 1 is 1.33 bits per heavy atom. The highest BCUT2D eigenvalue weighted by Crippen LogP contribution is 2.30. The normalized spacial score (nSPS) is 22.1. The summed E-state index contributed by atoms with van der Waals surface area (Å²) in [6.45, 7) is 0.761. The Morgan fingerprint density at radius 3 is 2.75 bits per heavy atom. The van der Waals surface area contributed by atoms with E-state index in [1.54, 1.807) is 0 Å². The van der Waals surface area contributed by atoms with Crippen LogP contribution >= 0.6 is 0 Å². The lowest BCUT2D eigenvalue weighted by molar-refractivity contribution is -0.144. The zero-order valence-corrected chi connectivity index (χ0v) is 12.8. The molecular weight excluding hydrogens is 327 g/mol. The van der Waals surface area contributed by atoms with E-state index in [2.05, 4.69) is 4.98 Å². The Bertz CT molecular complexity index is 644. The molecule has 3 rings (SSSR count). The number of amides is 2. The number of pyridine rings is 1. The lowest BCUT2D eigenvalue weighted by atomic mass is 10.2. The van der Waals surface area contributed by atoms with Crippen molar-refractivity contribution in [1.29, 1.82) is 0 Å². The summed E-state index contributed by atoms with van der Waals surface area (Å²) in [7, 11) is 0. The van der Waals surface area contributed by atoms with Gasteiger partial charge in [0, 0.05) is 31.6 Å². The fourth-order valence-corrected chi connectivity index (χ4v) is 2.85. The quantitative estimate of drug-likeness (QED) is 0.816. The SMILES string of the molecule is O=C(C1CCCO1)N1CCN(c2ccnc(C(F)(F)F)c2)C(=O)C1. The molecule has 24 heavy (non-hydrogen) atoms. The van der Waals surface area contributed by atoms with Crippen molar-refractivity contribution in [2.24, 2.45) is 0 Å². The molecule has 9 heteroatoms. The molecule has 0 bridgehead atoms. The first-order valence-electron chi connectivity index (χ1n) is 7.60. The summed E-state index contributed by atoms with van der Waals surface area (Å²) in [6, 6.07) is 2.19. The first-order valence-corrected chi connectivity index (χ1v) is 7.60. The van der Waals surface area contributed by atoms with E-state index in [1.807, 2.05) is 0 Å². The van der Waals surface area contributed by atoms with E-state index in [9.17, 15) is 22.8 Å². The number of hydrogen-bond donors (Lipinski definition) is 0. The van der Waals surface area contributed by atoms with Crippen LogP contribution in [0.15, 0.2) is 18.3 Å². The first-order chi connectivity index (χ1) is 11.4. The molecule has 1 atom stereocenters. The molecule has 3 heterocycles. The molecule has 2 aliphatic rings. The fourth-order valence-electron chi connectivity index (χ4n) is 2.85. The van der Waals surface area contributed by atoms with E-state index in [-0.39, 0.29) is 31.2 Å². The van der Waals surface area contributed by atoms with Crippen molar-refractivity contribution in [3.63, 3.8) is 0 Å². The molecular formula is C15H16F3N3O3. The molecule has 130 valence electrons. The van der Waals surface area contributed by atoms with E-state index >= 15 is 0 Å². The number of hydrogen-bond acceptors (Lipinski definition) is 4. The van der Waals surface area contributed by atoms with Gasteiger partial charge in [-0.1, -0.05) is 0 Å². The van der Waals surface area contributed by atoms with Crippen LogP contribution < -0.4 is 4.90 Å². The average Bonchev–Trinajstić information content (AvgIpc) is 3.08. The molecule has 2 amide bonds. The van der Waals surface area contributed by atoms with Crippen LogP contribution in [0.2, 0.25) is 0 Å². The minimum Gasteiger partial charge on any atom is -0.368 e. The maximum atomic E-state index is 12.7. The molecule has 0 aromatic carbocycles. The number of halogens is 3. The van der Waals surface area contributed by atoms with Crippen LogP contribution in [0.25, 0.3) is 0 Å². The summed E-state index contributed by atoms with van der Waals surface area (Å²) in [4.78, 5) is 30.5. The number of rotatable bonds is 2. The Labute approximate surface area is 136 Å². The van der Waals surface area contributed by atoms with Gasteiger partial charge in [0.15, 0.2) is 0 Å². The third kappa shape index (κ3) is 3.35. The lowest BCUT2D eigenvalue weighted by Crippen LogP contribution is -2.54. The summed E-state index contributed by atoms with van der Waals surface area (Å²) in [5, 5.41) is 0. The molecule has 2 saturated heterocycles. The van der Waals surface area contributed by atoms with Crippen molar-refractivity contribution in [2.45, 2.75) is 25.1 Å². The van der Waals surface area contributed by atoms with Crippen molar-refractivity contribution in [3.8, 4) is 0 Å². The average molecular weight is 343 g/mol. The molecule has 6 nitrogen and oxygen atoms in total. The number of piperazine rings is 1. The van der Waals surface area contributed by atoms with Crippen LogP contribution in [0.3, 0.4) is 0 Å². The van der Waals surface area contributed by atoms with Crippen LogP contribution in [0.1, 0.15) is 18.5 Å². The molecule has 1 aromatic heterocycles. The van der Waals surface area contributed by atoms with Gasteiger partial charge in [0.2, 0.25) is 5.91 Å². The van der Waals surface area contributed by atoms with Crippen LogP contribution in [-0.2, 0) is 20.5 Å². The van der Waals surface area contributed by atoms with Crippen molar-refractivity contribution in [3.05, 3.63) is 24.0 Å². The van der Waals surface area contributed by atoms with Gasteiger partial charge in [-0.3, -0.25) is 14.6 Å². The fraction of sp³-hybridized carbons (Fsp3) is 0.533. The summed E-state index contributed by atoms with van der Waals surface area (Å²) in [6.07, 6.45) is -2.62. The second-order valence-corrected chi connectivity index (χ2v) is 5.70. The molecule has 1 aromatic rings. The molecule has 0 radical (unpaired) electrons. The minimum atomic E-state index is -4.57. The Kier molecular flexibility index (Phi) is 4.44. The molecule has 2 aliphatic heterocycles. The van der Waals surface area contributed by atoms with Crippen LogP contribution in [0.4, 0.5) is 18.9 Å². The standard InChI is InChI=1S/C15H16F3N3O3/c16-15(17,18)12-8-10(3-4-19-12)21-6-5-20(9-13(21)22)14(23)11-2-1-7-24-11/h3-4,8,11H,1-2,5-7,9H2.